The number of rotatable bonds is 3. The molecule has 1 aliphatic rings. The third kappa shape index (κ3) is 2.19. The molecule has 0 saturated heterocycles. The van der Waals surface area contributed by atoms with E-state index in [4.69, 9.17) is 19.7 Å². The molecule has 0 fully saturated rings. The van der Waals surface area contributed by atoms with E-state index in [1.165, 1.54) is 0 Å². The lowest BCUT2D eigenvalue weighted by Crippen LogP contribution is -2.15. The van der Waals surface area contributed by atoms with Gasteiger partial charge >= 0.3 is 0 Å². The number of aromatic nitrogens is 1. The van der Waals surface area contributed by atoms with Gasteiger partial charge in [0.2, 0.25) is 0 Å². The lowest BCUT2D eigenvalue weighted by molar-refractivity contribution is 0.172. The summed E-state index contributed by atoms with van der Waals surface area (Å²) in [6.07, 6.45) is 0.815. The molecule has 2 aromatic rings. The van der Waals surface area contributed by atoms with Crippen molar-refractivity contribution >= 4 is 5.82 Å². The van der Waals surface area contributed by atoms with Gasteiger partial charge in [0, 0.05) is 5.56 Å². The molecule has 0 atom stereocenters. The normalized spacial score (nSPS) is 13.8. The first-order valence-electron chi connectivity index (χ1n) is 6.80. The Hall–Kier alpha value is -2.17. The smallest absolute Gasteiger partial charge is 0.176 e. The quantitative estimate of drug-likeness (QED) is 0.931. The minimum absolute atomic E-state index is 0.447. The van der Waals surface area contributed by atoms with Crippen molar-refractivity contribution in [2.75, 3.05) is 18.9 Å². The Morgan fingerprint density at radius 3 is 2.85 bits per heavy atom. The lowest BCUT2D eigenvalue weighted by atomic mass is 9.99. The standard InChI is InChI=1S/C15H18N2O3/c1-9(2)8-11-13(20-17-15(11)16)10-4-3-5-12-14(10)19-7-6-18-12/h3-5,9H,6-8H2,1-2H3,(H2,16,17). The van der Waals surface area contributed by atoms with Crippen molar-refractivity contribution in [2.45, 2.75) is 20.3 Å². The van der Waals surface area contributed by atoms with Gasteiger partial charge in [0.05, 0.1) is 5.56 Å². The van der Waals surface area contributed by atoms with Crippen LogP contribution < -0.4 is 15.2 Å². The lowest BCUT2D eigenvalue weighted by Gasteiger charge is -2.20. The molecule has 0 radical (unpaired) electrons. The van der Waals surface area contributed by atoms with Crippen LogP contribution in [0, 0.1) is 5.92 Å². The Morgan fingerprint density at radius 2 is 2.05 bits per heavy atom. The summed E-state index contributed by atoms with van der Waals surface area (Å²) in [5.74, 6) is 3.04. The second-order valence-electron chi connectivity index (χ2n) is 5.30. The topological polar surface area (TPSA) is 70.5 Å². The van der Waals surface area contributed by atoms with Gasteiger partial charge < -0.3 is 19.7 Å². The van der Waals surface area contributed by atoms with Crippen LogP contribution in [-0.2, 0) is 6.42 Å². The SMILES string of the molecule is CC(C)Cc1c(N)noc1-c1cccc2c1OCCO2. The molecule has 2 N–H and O–H groups in total. The highest BCUT2D eigenvalue weighted by Gasteiger charge is 2.23. The number of benzene rings is 1. The van der Waals surface area contributed by atoms with Crippen molar-refractivity contribution in [1.29, 1.82) is 0 Å². The molecule has 106 valence electrons. The van der Waals surface area contributed by atoms with Crippen LogP contribution in [0.3, 0.4) is 0 Å². The van der Waals surface area contributed by atoms with Gasteiger partial charge in [-0.1, -0.05) is 25.1 Å². The maximum Gasteiger partial charge on any atom is 0.176 e. The van der Waals surface area contributed by atoms with Crippen LogP contribution in [-0.4, -0.2) is 18.4 Å². The number of hydrogen-bond donors (Lipinski definition) is 1. The molecule has 5 heteroatoms. The van der Waals surface area contributed by atoms with Crippen molar-refractivity contribution < 1.29 is 14.0 Å². The average Bonchev–Trinajstić information content (AvgIpc) is 2.79. The van der Waals surface area contributed by atoms with E-state index in [9.17, 15) is 0 Å². The van der Waals surface area contributed by atoms with Crippen molar-refractivity contribution in [1.82, 2.24) is 5.16 Å². The third-order valence-corrected chi connectivity index (χ3v) is 3.24. The number of nitrogen functional groups attached to an aromatic ring is 1. The van der Waals surface area contributed by atoms with E-state index < -0.39 is 0 Å². The summed E-state index contributed by atoms with van der Waals surface area (Å²) in [7, 11) is 0. The Labute approximate surface area is 117 Å². The molecule has 0 unspecified atom stereocenters. The van der Waals surface area contributed by atoms with E-state index in [2.05, 4.69) is 19.0 Å². The van der Waals surface area contributed by atoms with Crippen molar-refractivity contribution in [3.8, 4) is 22.8 Å². The molecule has 5 nitrogen and oxygen atoms in total. The molecule has 20 heavy (non-hydrogen) atoms. The van der Waals surface area contributed by atoms with Crippen LogP contribution in [0.15, 0.2) is 22.7 Å². The second-order valence-corrected chi connectivity index (χ2v) is 5.30. The summed E-state index contributed by atoms with van der Waals surface area (Å²) in [5, 5.41) is 3.90. The zero-order chi connectivity index (χ0) is 14.1. The van der Waals surface area contributed by atoms with Crippen LogP contribution in [0.2, 0.25) is 0 Å². The molecular weight excluding hydrogens is 256 g/mol. The van der Waals surface area contributed by atoms with Gasteiger partial charge in [-0.15, -0.1) is 0 Å². The Bertz CT molecular complexity index is 620. The van der Waals surface area contributed by atoms with Crippen LogP contribution in [0.5, 0.6) is 11.5 Å². The fourth-order valence-corrected chi connectivity index (χ4v) is 2.39. The van der Waals surface area contributed by atoms with Crippen LogP contribution in [0.4, 0.5) is 5.82 Å². The van der Waals surface area contributed by atoms with E-state index in [-0.39, 0.29) is 0 Å². The summed E-state index contributed by atoms with van der Waals surface area (Å²) in [6.45, 7) is 5.37. The van der Waals surface area contributed by atoms with Gasteiger partial charge in [-0.25, -0.2) is 0 Å². The summed E-state index contributed by atoms with van der Waals surface area (Å²) >= 11 is 0. The average molecular weight is 274 g/mol. The first-order valence-corrected chi connectivity index (χ1v) is 6.80. The molecule has 3 rings (SSSR count). The van der Waals surface area contributed by atoms with Gasteiger partial charge in [0.15, 0.2) is 23.1 Å². The molecule has 0 amide bonds. The monoisotopic (exact) mass is 274 g/mol. The first-order chi connectivity index (χ1) is 9.66. The predicted molar refractivity (Wildman–Crippen MR) is 75.9 cm³/mol. The van der Waals surface area contributed by atoms with Gasteiger partial charge in [0.25, 0.3) is 0 Å². The molecular formula is C15H18N2O3. The first kappa shape index (κ1) is 12.8. The highest BCUT2D eigenvalue weighted by atomic mass is 16.6. The second kappa shape index (κ2) is 5.07. The zero-order valence-corrected chi connectivity index (χ0v) is 11.7. The molecule has 0 saturated carbocycles. The fraction of sp³-hybridized carbons (Fsp3) is 0.400. The minimum Gasteiger partial charge on any atom is -0.486 e. The summed E-state index contributed by atoms with van der Waals surface area (Å²) in [4.78, 5) is 0. The van der Waals surface area contributed by atoms with E-state index in [1.54, 1.807) is 0 Å². The summed E-state index contributed by atoms with van der Waals surface area (Å²) < 4.78 is 16.8. The van der Waals surface area contributed by atoms with Gasteiger partial charge in [-0.3, -0.25) is 0 Å². The molecule has 1 aromatic heterocycles. The van der Waals surface area contributed by atoms with Crippen molar-refractivity contribution in [3.05, 3.63) is 23.8 Å². The summed E-state index contributed by atoms with van der Waals surface area (Å²) in [6, 6.07) is 5.75. The van der Waals surface area contributed by atoms with Gasteiger partial charge in [0.1, 0.15) is 13.2 Å². The third-order valence-electron chi connectivity index (χ3n) is 3.24. The van der Waals surface area contributed by atoms with Gasteiger partial charge in [-0.2, -0.15) is 0 Å². The number of anilines is 1. The Kier molecular flexibility index (Phi) is 3.26. The molecule has 1 aromatic carbocycles. The molecule has 2 heterocycles. The fourth-order valence-electron chi connectivity index (χ4n) is 2.39. The number of ether oxygens (including phenoxy) is 2. The molecule has 1 aliphatic heterocycles. The van der Waals surface area contributed by atoms with E-state index in [1.807, 2.05) is 18.2 Å². The Balaban J connectivity index is 2.10. The Morgan fingerprint density at radius 1 is 1.25 bits per heavy atom. The minimum atomic E-state index is 0.447. The highest BCUT2D eigenvalue weighted by molar-refractivity contribution is 5.74. The van der Waals surface area contributed by atoms with Gasteiger partial charge in [-0.05, 0) is 24.5 Å². The number of hydrogen-bond acceptors (Lipinski definition) is 5. The number of nitrogens with two attached hydrogens (primary N) is 1. The van der Waals surface area contributed by atoms with Crippen LogP contribution >= 0.6 is 0 Å². The number of fused-ring (bicyclic) bond motifs is 1. The molecule has 0 spiro atoms. The largest absolute Gasteiger partial charge is 0.486 e. The van der Waals surface area contributed by atoms with E-state index in [0.717, 1.165) is 23.3 Å². The van der Waals surface area contributed by atoms with Crippen LogP contribution in [0.25, 0.3) is 11.3 Å². The van der Waals surface area contributed by atoms with Crippen molar-refractivity contribution in [3.63, 3.8) is 0 Å². The predicted octanol–water partition coefficient (Wildman–Crippen LogP) is 2.89. The van der Waals surface area contributed by atoms with Crippen molar-refractivity contribution in [2.24, 2.45) is 5.92 Å². The van der Waals surface area contributed by atoms with E-state index in [0.29, 0.717) is 36.5 Å². The zero-order valence-electron chi connectivity index (χ0n) is 11.7. The highest BCUT2D eigenvalue weighted by Crippen LogP contribution is 2.42. The maximum absolute atomic E-state index is 5.93. The van der Waals surface area contributed by atoms with Crippen LogP contribution in [0.1, 0.15) is 19.4 Å². The summed E-state index contributed by atoms with van der Waals surface area (Å²) in [5.41, 5.74) is 7.71. The maximum atomic E-state index is 5.93. The van der Waals surface area contributed by atoms with E-state index >= 15 is 0 Å². The molecule has 0 bridgehead atoms. The number of nitrogens with zero attached hydrogens (tertiary/aromatic N) is 1. The number of para-hydroxylation sites is 1. The molecule has 0 aliphatic carbocycles.